The highest BCUT2D eigenvalue weighted by Crippen LogP contribution is 2.70. The van der Waals surface area contributed by atoms with Crippen molar-refractivity contribution in [2.24, 2.45) is 28.6 Å². The van der Waals surface area contributed by atoms with E-state index in [0.29, 0.717) is 44.9 Å². The smallest absolute Gasteiger partial charge is 0.331 e. The maximum Gasteiger partial charge on any atom is 0.331 e. The SMILES string of the molecule is CC(=O)O[C@H]1C[C@H](O[C@H]2CC[C@]3(C=O)[C@H]4CC[C@]5(C)[C@@H](C6=CC(=O)OC6)CC[C@]5(O)[C@@H]4CC[C@]3(O)C2)O[C@H](C)[C@H]1O[C@@H]1O[C@@H](C)[C@H](O)[C@@H](O)[C@H]1O. The minimum atomic E-state index is -1.55. The van der Waals surface area contributed by atoms with Crippen LogP contribution in [0.3, 0.4) is 0 Å². The molecule has 7 rings (SSSR count). The second-order valence-corrected chi connectivity index (χ2v) is 16.7. The normalized spacial score (nSPS) is 52.5. The predicted octanol–water partition coefficient (Wildman–Crippen LogP) is 1.20. The number of esters is 2. The first-order valence-corrected chi connectivity index (χ1v) is 18.7. The van der Waals surface area contributed by atoms with Crippen LogP contribution in [-0.2, 0) is 42.8 Å². The molecule has 17 atom stereocenters. The molecular weight excluding hydrogens is 668 g/mol. The van der Waals surface area contributed by atoms with Crippen molar-refractivity contribution in [2.45, 2.75) is 165 Å². The van der Waals surface area contributed by atoms with E-state index >= 15 is 0 Å². The van der Waals surface area contributed by atoms with Gasteiger partial charge in [-0.2, -0.15) is 0 Å². The van der Waals surface area contributed by atoms with E-state index in [2.05, 4.69) is 6.92 Å². The molecule has 0 aromatic heterocycles. The molecule has 0 spiro atoms. The Labute approximate surface area is 297 Å². The lowest BCUT2D eigenvalue weighted by Gasteiger charge is -2.65. The zero-order valence-electron chi connectivity index (χ0n) is 29.8. The van der Waals surface area contributed by atoms with Crippen molar-refractivity contribution in [3.05, 3.63) is 11.6 Å². The number of aliphatic hydroxyl groups is 5. The van der Waals surface area contributed by atoms with Crippen molar-refractivity contribution < 1.29 is 68.3 Å². The van der Waals surface area contributed by atoms with Gasteiger partial charge in [0.1, 0.15) is 43.4 Å². The number of hydrogen-bond donors (Lipinski definition) is 5. The van der Waals surface area contributed by atoms with Crippen LogP contribution in [0.15, 0.2) is 11.6 Å². The summed E-state index contributed by atoms with van der Waals surface area (Å²) in [6.07, 6.45) is -3.06. The molecule has 7 aliphatic rings. The number of hydrogen-bond acceptors (Lipinski definition) is 14. The van der Waals surface area contributed by atoms with Crippen LogP contribution in [0, 0.1) is 28.6 Å². The van der Waals surface area contributed by atoms with Gasteiger partial charge < -0.3 is 58.7 Å². The van der Waals surface area contributed by atoms with Gasteiger partial charge in [-0.1, -0.05) is 6.92 Å². The summed E-state index contributed by atoms with van der Waals surface area (Å²) in [6, 6.07) is 0. The average Bonchev–Trinajstić information content (AvgIpc) is 3.62. The maximum atomic E-state index is 13.2. The molecule has 0 amide bonds. The van der Waals surface area contributed by atoms with Crippen LogP contribution in [0.2, 0.25) is 0 Å². The fourth-order valence-corrected chi connectivity index (χ4v) is 11.5. The second kappa shape index (κ2) is 13.4. The van der Waals surface area contributed by atoms with Gasteiger partial charge in [0.05, 0.1) is 34.9 Å². The van der Waals surface area contributed by atoms with Crippen LogP contribution in [0.4, 0.5) is 0 Å². The number of aldehydes is 1. The summed E-state index contributed by atoms with van der Waals surface area (Å²) in [5.74, 6) is -1.26. The summed E-state index contributed by atoms with van der Waals surface area (Å²) in [5.41, 5.74) is -2.97. The van der Waals surface area contributed by atoms with E-state index < -0.39 is 89.4 Å². The summed E-state index contributed by atoms with van der Waals surface area (Å²) in [4.78, 5) is 37.3. The summed E-state index contributed by atoms with van der Waals surface area (Å²) in [6.45, 7) is 6.89. The molecule has 0 unspecified atom stereocenters. The van der Waals surface area contributed by atoms with E-state index in [1.165, 1.54) is 6.92 Å². The summed E-state index contributed by atoms with van der Waals surface area (Å²) >= 11 is 0. The molecule has 2 saturated heterocycles. The van der Waals surface area contributed by atoms with Gasteiger partial charge in [-0.25, -0.2) is 4.79 Å². The molecule has 4 aliphatic carbocycles. The summed E-state index contributed by atoms with van der Waals surface area (Å²) in [7, 11) is 0. The fraction of sp³-hybridized carbons (Fsp3) is 0.865. The molecule has 5 N–H and O–H groups in total. The number of rotatable bonds is 7. The number of ether oxygens (including phenoxy) is 6. The molecule has 0 aromatic rings. The molecular formula is C37H54O14. The Balaban J connectivity index is 1.03. The van der Waals surface area contributed by atoms with Gasteiger partial charge >= 0.3 is 11.9 Å². The molecule has 4 saturated carbocycles. The van der Waals surface area contributed by atoms with Crippen molar-refractivity contribution in [3.8, 4) is 0 Å². The highest BCUT2D eigenvalue weighted by Gasteiger charge is 2.71. The van der Waals surface area contributed by atoms with Gasteiger partial charge in [0.2, 0.25) is 0 Å². The molecule has 0 bridgehead atoms. The zero-order valence-corrected chi connectivity index (χ0v) is 29.8. The number of fused-ring (bicyclic) bond motifs is 5. The monoisotopic (exact) mass is 722 g/mol. The Kier molecular flexibility index (Phi) is 9.79. The van der Waals surface area contributed by atoms with Crippen LogP contribution < -0.4 is 0 Å². The van der Waals surface area contributed by atoms with Crippen LogP contribution in [-0.4, -0.2) is 123 Å². The Bertz CT molecular complexity index is 1400. The number of cyclic esters (lactones) is 1. The van der Waals surface area contributed by atoms with Crippen molar-refractivity contribution in [1.82, 2.24) is 0 Å². The molecule has 14 heteroatoms. The van der Waals surface area contributed by atoms with Crippen LogP contribution in [0.5, 0.6) is 0 Å². The first kappa shape index (κ1) is 37.3. The lowest BCUT2D eigenvalue weighted by Crippen LogP contribution is -2.69. The molecule has 3 heterocycles. The quantitative estimate of drug-likeness (QED) is 0.142. The predicted molar refractivity (Wildman–Crippen MR) is 174 cm³/mol. The third-order valence-electron chi connectivity index (χ3n) is 14.2. The summed E-state index contributed by atoms with van der Waals surface area (Å²) < 4.78 is 35.1. The number of aliphatic hydroxyl groups excluding tert-OH is 3. The highest BCUT2D eigenvalue weighted by molar-refractivity contribution is 5.85. The Morgan fingerprint density at radius 2 is 1.67 bits per heavy atom. The highest BCUT2D eigenvalue weighted by atomic mass is 16.7. The lowest BCUT2D eigenvalue weighted by atomic mass is 9.41. The van der Waals surface area contributed by atoms with E-state index in [1.54, 1.807) is 19.9 Å². The zero-order chi connectivity index (χ0) is 36.7. The molecule has 3 aliphatic heterocycles. The molecule has 0 radical (unpaired) electrons. The Morgan fingerprint density at radius 3 is 2.35 bits per heavy atom. The molecule has 51 heavy (non-hydrogen) atoms. The first-order chi connectivity index (χ1) is 24.1. The number of carbonyl (C=O) groups is 3. The molecule has 6 fully saturated rings. The average molecular weight is 723 g/mol. The Hall–Kier alpha value is -2.01. The van der Waals surface area contributed by atoms with Crippen LogP contribution in [0.25, 0.3) is 0 Å². The maximum absolute atomic E-state index is 13.2. The fourth-order valence-electron chi connectivity index (χ4n) is 11.5. The Morgan fingerprint density at radius 1 is 0.922 bits per heavy atom. The van der Waals surface area contributed by atoms with E-state index in [1.807, 2.05) is 0 Å². The molecule has 286 valence electrons. The van der Waals surface area contributed by atoms with Crippen molar-refractivity contribution in [2.75, 3.05) is 6.61 Å². The van der Waals surface area contributed by atoms with E-state index in [4.69, 9.17) is 28.4 Å². The van der Waals surface area contributed by atoms with Crippen LogP contribution >= 0.6 is 0 Å². The van der Waals surface area contributed by atoms with E-state index in [9.17, 15) is 39.9 Å². The van der Waals surface area contributed by atoms with Crippen molar-refractivity contribution in [1.29, 1.82) is 0 Å². The molecule has 14 nitrogen and oxygen atoms in total. The summed E-state index contributed by atoms with van der Waals surface area (Å²) in [5, 5.41) is 55.8. The van der Waals surface area contributed by atoms with Crippen LogP contribution in [0.1, 0.15) is 91.9 Å². The first-order valence-electron chi connectivity index (χ1n) is 18.7. The third-order valence-corrected chi connectivity index (χ3v) is 14.2. The van der Waals surface area contributed by atoms with E-state index in [-0.39, 0.29) is 43.2 Å². The second-order valence-electron chi connectivity index (χ2n) is 16.7. The van der Waals surface area contributed by atoms with E-state index in [0.717, 1.165) is 18.3 Å². The standard InChI is InChI=1S/C37H54O14/c1-18-29(41)30(42)31(43)33(48-18)51-32-19(2)47-28(14-26(32)49-20(3)39)50-22-5-10-35(17-38)24-6-9-34(4)23(21-13-27(40)46-16-21)8-12-37(34,45)25(24)7-11-36(35,44)15-22/h13,17-19,22-26,28-33,41-45H,5-12,14-16H2,1-4H3/t18-,19+,22-,23+,24-,25+,26-,28-,29-,30+,31+,32+,33-,34+,35-,36-,37-/m0/s1. The minimum absolute atomic E-state index is 0.0223. The minimum Gasteiger partial charge on any atom is -0.459 e. The van der Waals surface area contributed by atoms with Crippen molar-refractivity contribution >= 4 is 18.2 Å². The molecule has 0 aromatic carbocycles. The van der Waals surface area contributed by atoms with Crippen molar-refractivity contribution in [3.63, 3.8) is 0 Å². The lowest BCUT2D eigenvalue weighted by molar-refractivity contribution is -0.342. The van der Waals surface area contributed by atoms with Gasteiger partial charge in [-0.05, 0) is 88.5 Å². The van der Waals surface area contributed by atoms with Gasteiger partial charge in [-0.3, -0.25) is 4.79 Å². The topological polar surface area (TPSA) is 208 Å². The third kappa shape index (κ3) is 5.92. The van der Waals surface area contributed by atoms with Gasteiger partial charge in [0.25, 0.3) is 0 Å². The van der Waals surface area contributed by atoms with Gasteiger partial charge in [0.15, 0.2) is 12.6 Å². The van der Waals surface area contributed by atoms with Gasteiger partial charge in [0, 0.05) is 31.3 Å². The van der Waals surface area contributed by atoms with Gasteiger partial charge in [-0.15, -0.1) is 0 Å². The number of carbonyl (C=O) groups excluding carboxylic acids is 3. The largest absolute Gasteiger partial charge is 0.459 e.